The summed E-state index contributed by atoms with van der Waals surface area (Å²) >= 11 is 0. The van der Waals surface area contributed by atoms with Gasteiger partial charge in [-0.3, -0.25) is 0 Å². The second-order valence-corrected chi connectivity index (χ2v) is 5.26. The molecule has 1 heterocycles. The first-order valence-corrected chi connectivity index (χ1v) is 5.13. The number of nitrogens with zero attached hydrogens (tertiary/aromatic N) is 1. The summed E-state index contributed by atoms with van der Waals surface area (Å²) in [6.07, 6.45) is 0.924. The fraction of sp³-hybridized carbons (Fsp3) is 0.900. The van der Waals surface area contributed by atoms with E-state index in [-0.39, 0.29) is 24.2 Å². The van der Waals surface area contributed by atoms with Crippen LogP contribution in [0.25, 0.3) is 0 Å². The first-order valence-electron chi connectivity index (χ1n) is 5.13. The predicted octanol–water partition coefficient (Wildman–Crippen LogP) is 1.99. The van der Waals surface area contributed by atoms with Gasteiger partial charge in [-0.1, -0.05) is 0 Å². The minimum Gasteiger partial charge on any atom is -0.403 e. The summed E-state index contributed by atoms with van der Waals surface area (Å²) in [4.78, 5) is 0. The number of hydrogen-bond donors (Lipinski definition) is 0. The molecule has 1 aliphatic carbocycles. The van der Waals surface area contributed by atoms with Gasteiger partial charge in [-0.25, -0.2) is 0 Å². The average molecular weight is 193 g/mol. The van der Waals surface area contributed by atoms with Crippen molar-refractivity contribution in [3.05, 3.63) is 0 Å². The Morgan fingerprint density at radius 2 is 1.71 bits per heavy atom. The lowest BCUT2D eigenvalue weighted by Gasteiger charge is -2.32. The molecule has 1 saturated heterocycles. The Hall–Kier alpha value is -0.525. The highest BCUT2D eigenvalue weighted by atomic mass is 16.7. The Morgan fingerprint density at radius 3 is 2.07 bits per heavy atom. The second kappa shape index (κ2) is 2.74. The smallest absolute Gasteiger partial charge is 0.403 e. The zero-order chi connectivity index (χ0) is 10.6. The second-order valence-electron chi connectivity index (χ2n) is 5.26. The van der Waals surface area contributed by atoms with Crippen LogP contribution in [0.4, 0.5) is 0 Å². The topological polar surface area (TPSA) is 42.2 Å². The predicted molar refractivity (Wildman–Crippen MR) is 53.6 cm³/mol. The highest BCUT2D eigenvalue weighted by Gasteiger charge is 2.59. The van der Waals surface area contributed by atoms with Crippen molar-refractivity contribution in [2.24, 2.45) is 5.92 Å². The van der Waals surface area contributed by atoms with Gasteiger partial charge in [0.25, 0.3) is 0 Å². The molecule has 2 rings (SSSR count). The molecule has 0 aromatic rings. The van der Waals surface area contributed by atoms with Gasteiger partial charge >= 0.3 is 7.12 Å². The van der Waals surface area contributed by atoms with E-state index in [1.165, 1.54) is 0 Å². The Bertz CT molecular complexity index is 279. The number of hydrogen-bond acceptors (Lipinski definition) is 3. The van der Waals surface area contributed by atoms with Crippen LogP contribution in [-0.2, 0) is 9.31 Å². The number of nitriles is 1. The maximum Gasteiger partial charge on any atom is 0.462 e. The third kappa shape index (κ3) is 1.36. The quantitative estimate of drug-likeness (QED) is 0.598. The fourth-order valence-electron chi connectivity index (χ4n) is 1.73. The molecule has 14 heavy (non-hydrogen) atoms. The van der Waals surface area contributed by atoms with Crippen LogP contribution >= 0.6 is 0 Å². The van der Waals surface area contributed by atoms with Crippen LogP contribution in [0, 0.1) is 17.2 Å². The Kier molecular flexibility index (Phi) is 1.96. The lowest BCUT2D eigenvalue weighted by molar-refractivity contribution is 0.00578. The van der Waals surface area contributed by atoms with Crippen LogP contribution in [-0.4, -0.2) is 18.3 Å². The van der Waals surface area contributed by atoms with E-state index in [4.69, 9.17) is 14.6 Å². The molecule has 0 aromatic carbocycles. The number of rotatable bonds is 1. The summed E-state index contributed by atoms with van der Waals surface area (Å²) < 4.78 is 11.7. The van der Waals surface area contributed by atoms with Crippen molar-refractivity contribution in [2.45, 2.75) is 51.1 Å². The molecule has 2 atom stereocenters. The van der Waals surface area contributed by atoms with E-state index in [1.807, 2.05) is 27.7 Å². The van der Waals surface area contributed by atoms with Gasteiger partial charge in [-0.05, 0) is 34.1 Å². The first-order chi connectivity index (χ1) is 6.37. The van der Waals surface area contributed by atoms with E-state index in [1.54, 1.807) is 0 Å². The summed E-state index contributed by atoms with van der Waals surface area (Å²) in [5.41, 5.74) is -0.527. The summed E-state index contributed by atoms with van der Waals surface area (Å²) in [5, 5.41) is 8.74. The molecule has 0 spiro atoms. The maximum atomic E-state index is 8.74. The molecule has 0 aromatic heterocycles. The lowest BCUT2D eigenvalue weighted by Crippen LogP contribution is -2.41. The van der Waals surface area contributed by atoms with E-state index in [2.05, 4.69) is 6.07 Å². The molecule has 0 unspecified atom stereocenters. The normalized spacial score (nSPS) is 38.1. The van der Waals surface area contributed by atoms with Gasteiger partial charge in [0, 0.05) is 11.7 Å². The van der Waals surface area contributed by atoms with Crippen LogP contribution in [0.3, 0.4) is 0 Å². The van der Waals surface area contributed by atoms with Crippen molar-refractivity contribution in [1.82, 2.24) is 0 Å². The van der Waals surface area contributed by atoms with Crippen LogP contribution in [0.2, 0.25) is 5.82 Å². The van der Waals surface area contributed by atoms with Crippen molar-refractivity contribution >= 4 is 7.12 Å². The molecule has 1 saturated carbocycles. The van der Waals surface area contributed by atoms with Gasteiger partial charge in [0.1, 0.15) is 0 Å². The van der Waals surface area contributed by atoms with Crippen LogP contribution in [0.5, 0.6) is 0 Å². The average Bonchev–Trinajstić information content (AvgIpc) is 2.75. The van der Waals surface area contributed by atoms with E-state index in [9.17, 15) is 0 Å². The fourth-order valence-corrected chi connectivity index (χ4v) is 1.73. The highest BCUT2D eigenvalue weighted by Crippen LogP contribution is 2.52. The first kappa shape index (κ1) is 10.0. The summed E-state index contributed by atoms with van der Waals surface area (Å²) in [7, 11) is -0.176. The third-order valence-corrected chi connectivity index (χ3v) is 3.63. The SMILES string of the molecule is CC1(C)OB([C@@H]2C[C@H]2C#N)OC1(C)C. The zero-order valence-electron chi connectivity index (χ0n) is 9.20. The van der Waals surface area contributed by atoms with Crippen LogP contribution in [0.15, 0.2) is 0 Å². The lowest BCUT2D eigenvalue weighted by atomic mass is 9.81. The molecule has 76 valence electrons. The largest absolute Gasteiger partial charge is 0.462 e. The Balaban J connectivity index is 2.05. The van der Waals surface area contributed by atoms with Gasteiger partial charge < -0.3 is 9.31 Å². The summed E-state index contributed by atoms with van der Waals surface area (Å²) in [6.45, 7) is 8.15. The molecule has 4 heteroatoms. The summed E-state index contributed by atoms with van der Waals surface area (Å²) in [5.74, 6) is 0.436. The van der Waals surface area contributed by atoms with Crippen molar-refractivity contribution in [2.75, 3.05) is 0 Å². The minimum absolute atomic E-state index is 0.143. The van der Waals surface area contributed by atoms with Crippen LogP contribution in [0.1, 0.15) is 34.1 Å². The van der Waals surface area contributed by atoms with Crippen molar-refractivity contribution in [1.29, 1.82) is 5.26 Å². The van der Waals surface area contributed by atoms with Crippen molar-refractivity contribution in [3.8, 4) is 6.07 Å². The molecule has 1 aliphatic heterocycles. The standard InChI is InChI=1S/C10H16BNO2/c1-9(2)10(3,4)14-11(13-9)8-5-7(8)6-12/h7-8H,5H2,1-4H3/t7-,8+/m0/s1. The van der Waals surface area contributed by atoms with Crippen molar-refractivity contribution in [3.63, 3.8) is 0 Å². The summed E-state index contributed by atoms with van der Waals surface area (Å²) in [6, 6.07) is 2.26. The highest BCUT2D eigenvalue weighted by molar-refractivity contribution is 6.48. The Morgan fingerprint density at radius 1 is 1.21 bits per heavy atom. The monoisotopic (exact) mass is 193 g/mol. The zero-order valence-corrected chi connectivity index (χ0v) is 9.20. The van der Waals surface area contributed by atoms with Gasteiger partial charge in [0.15, 0.2) is 0 Å². The molecule has 0 bridgehead atoms. The van der Waals surface area contributed by atoms with E-state index < -0.39 is 0 Å². The van der Waals surface area contributed by atoms with E-state index in [0.717, 1.165) is 6.42 Å². The maximum absolute atomic E-state index is 8.74. The third-order valence-electron chi connectivity index (χ3n) is 3.63. The van der Waals surface area contributed by atoms with Crippen LogP contribution < -0.4 is 0 Å². The molecule has 2 aliphatic rings. The van der Waals surface area contributed by atoms with Crippen molar-refractivity contribution < 1.29 is 9.31 Å². The van der Waals surface area contributed by atoms with Gasteiger partial charge in [0.2, 0.25) is 0 Å². The molecule has 0 N–H and O–H groups in total. The van der Waals surface area contributed by atoms with Gasteiger partial charge in [0.05, 0.1) is 17.3 Å². The molecule has 3 nitrogen and oxygen atoms in total. The van der Waals surface area contributed by atoms with Gasteiger partial charge in [-0.15, -0.1) is 0 Å². The van der Waals surface area contributed by atoms with E-state index in [0.29, 0.717) is 5.82 Å². The molecular weight excluding hydrogens is 177 g/mol. The minimum atomic E-state index is -0.264. The molecular formula is C10H16BNO2. The molecule has 0 radical (unpaired) electrons. The molecule has 2 fully saturated rings. The Labute approximate surface area is 85.5 Å². The molecule has 0 amide bonds. The van der Waals surface area contributed by atoms with E-state index >= 15 is 0 Å². The van der Waals surface area contributed by atoms with Gasteiger partial charge in [-0.2, -0.15) is 5.26 Å².